The minimum Gasteiger partial charge on any atom is -0.366 e. The molecule has 0 unspecified atom stereocenters. The molecule has 1 aromatic carbocycles. The van der Waals surface area contributed by atoms with Crippen molar-refractivity contribution < 1.29 is 19.2 Å². The Bertz CT molecular complexity index is 927. The fraction of sp³-hybridized carbons (Fsp3) is 0.263. The summed E-state index contributed by atoms with van der Waals surface area (Å²) in [5.41, 5.74) is 4.93. The van der Waals surface area contributed by atoms with Crippen LogP contribution in [0.5, 0.6) is 0 Å². The monoisotopic (exact) mass is 400 g/mol. The molecule has 5 amide bonds. The molecular weight excluding hydrogens is 380 g/mol. The van der Waals surface area contributed by atoms with Gasteiger partial charge in [-0.1, -0.05) is 43.7 Å². The first-order valence-electron chi connectivity index (χ1n) is 8.76. The van der Waals surface area contributed by atoms with Crippen LogP contribution < -0.4 is 16.4 Å². The van der Waals surface area contributed by atoms with Crippen molar-refractivity contribution in [3.8, 4) is 0 Å². The van der Waals surface area contributed by atoms with Crippen molar-refractivity contribution >= 4 is 40.1 Å². The molecule has 1 saturated heterocycles. The summed E-state index contributed by atoms with van der Waals surface area (Å²) in [6.45, 7) is 1.46. The molecule has 2 aromatic rings. The van der Waals surface area contributed by atoms with Gasteiger partial charge in [0.25, 0.3) is 11.8 Å². The SMILES string of the molecule is CCC[C@@]1(c2ccccc2)NC(=O)N(CC(=O)Nc2sccc2C(N)=O)C1=O. The Morgan fingerprint density at radius 2 is 1.93 bits per heavy atom. The minimum atomic E-state index is -1.19. The van der Waals surface area contributed by atoms with Gasteiger partial charge in [0.1, 0.15) is 17.1 Å². The number of nitrogens with two attached hydrogens (primary N) is 1. The zero-order valence-electron chi connectivity index (χ0n) is 15.2. The summed E-state index contributed by atoms with van der Waals surface area (Å²) in [6, 6.07) is 9.85. The van der Waals surface area contributed by atoms with E-state index >= 15 is 0 Å². The zero-order chi connectivity index (χ0) is 20.3. The number of amides is 5. The number of imide groups is 1. The summed E-state index contributed by atoms with van der Waals surface area (Å²) < 4.78 is 0. The highest BCUT2D eigenvalue weighted by Crippen LogP contribution is 2.33. The smallest absolute Gasteiger partial charge is 0.325 e. The number of carbonyl (C=O) groups excluding carboxylic acids is 4. The van der Waals surface area contributed by atoms with Crippen molar-refractivity contribution in [1.29, 1.82) is 0 Å². The first kappa shape index (κ1) is 19.6. The van der Waals surface area contributed by atoms with Gasteiger partial charge in [-0.2, -0.15) is 0 Å². The predicted octanol–water partition coefficient (Wildman–Crippen LogP) is 2.03. The molecule has 1 aliphatic rings. The van der Waals surface area contributed by atoms with Crippen molar-refractivity contribution in [2.75, 3.05) is 11.9 Å². The minimum absolute atomic E-state index is 0.181. The van der Waals surface area contributed by atoms with Crippen LogP contribution in [0.3, 0.4) is 0 Å². The number of primary amides is 1. The van der Waals surface area contributed by atoms with Crippen molar-refractivity contribution in [2.24, 2.45) is 5.73 Å². The molecule has 0 spiro atoms. The van der Waals surface area contributed by atoms with E-state index in [-0.39, 0.29) is 10.6 Å². The van der Waals surface area contributed by atoms with E-state index in [9.17, 15) is 19.2 Å². The fourth-order valence-corrected chi connectivity index (χ4v) is 4.10. The summed E-state index contributed by atoms with van der Waals surface area (Å²) >= 11 is 1.13. The third-order valence-corrected chi connectivity index (χ3v) is 5.38. The fourth-order valence-electron chi connectivity index (χ4n) is 3.29. The maximum atomic E-state index is 13.1. The quantitative estimate of drug-likeness (QED) is 0.616. The highest BCUT2D eigenvalue weighted by Gasteiger charge is 2.52. The van der Waals surface area contributed by atoms with Crippen LogP contribution in [0.4, 0.5) is 9.80 Å². The molecule has 8 nitrogen and oxygen atoms in total. The summed E-state index contributed by atoms with van der Waals surface area (Å²) in [4.78, 5) is 50.3. The van der Waals surface area contributed by atoms with Gasteiger partial charge in [-0.15, -0.1) is 11.3 Å². The Kier molecular flexibility index (Phi) is 5.46. The molecule has 0 saturated carbocycles. The number of urea groups is 1. The lowest BCUT2D eigenvalue weighted by Gasteiger charge is -2.26. The van der Waals surface area contributed by atoms with Gasteiger partial charge < -0.3 is 16.4 Å². The van der Waals surface area contributed by atoms with Gasteiger partial charge in [-0.25, -0.2) is 4.79 Å². The normalized spacial score (nSPS) is 18.8. The molecule has 2 heterocycles. The van der Waals surface area contributed by atoms with Gasteiger partial charge in [0.05, 0.1) is 5.56 Å². The number of nitrogens with zero attached hydrogens (tertiary/aromatic N) is 1. The van der Waals surface area contributed by atoms with Crippen LogP contribution >= 0.6 is 11.3 Å². The van der Waals surface area contributed by atoms with E-state index in [1.165, 1.54) is 6.07 Å². The highest BCUT2D eigenvalue weighted by molar-refractivity contribution is 7.14. The first-order valence-corrected chi connectivity index (χ1v) is 9.63. The van der Waals surface area contributed by atoms with Gasteiger partial charge in [-0.05, 0) is 23.4 Å². The molecule has 0 bridgehead atoms. The molecular formula is C19H20N4O4S. The Labute approximate surface area is 165 Å². The molecule has 3 rings (SSSR count). The lowest BCUT2D eigenvalue weighted by molar-refractivity contribution is -0.134. The average molecular weight is 400 g/mol. The van der Waals surface area contributed by atoms with Crippen molar-refractivity contribution in [1.82, 2.24) is 10.2 Å². The standard InChI is InChI=1S/C19H20N4O4S/c1-2-9-19(12-6-4-3-5-7-12)17(26)23(18(27)22-19)11-14(24)21-16-13(15(20)25)8-10-28-16/h3-8,10H,2,9,11H2,1H3,(H2,20,25)(H,21,24)(H,22,27)/t19-/m0/s1. The number of rotatable bonds is 7. The highest BCUT2D eigenvalue weighted by atomic mass is 32.1. The maximum Gasteiger partial charge on any atom is 0.325 e. The second kappa shape index (κ2) is 7.81. The van der Waals surface area contributed by atoms with E-state index in [1.807, 2.05) is 13.0 Å². The van der Waals surface area contributed by atoms with Gasteiger partial charge in [-0.3, -0.25) is 19.3 Å². The molecule has 0 aliphatic carbocycles. The number of thiophene rings is 1. The first-order chi connectivity index (χ1) is 13.4. The Morgan fingerprint density at radius 3 is 2.57 bits per heavy atom. The molecule has 4 N–H and O–H groups in total. The van der Waals surface area contributed by atoms with Crippen LogP contribution in [0.15, 0.2) is 41.8 Å². The summed E-state index contributed by atoms with van der Waals surface area (Å²) in [6.07, 6.45) is 1.08. The number of anilines is 1. The number of hydrogen-bond donors (Lipinski definition) is 3. The van der Waals surface area contributed by atoms with Gasteiger partial charge in [0.15, 0.2) is 0 Å². The number of benzene rings is 1. The van der Waals surface area contributed by atoms with Gasteiger partial charge in [0, 0.05) is 0 Å². The van der Waals surface area contributed by atoms with Crippen LogP contribution in [-0.4, -0.2) is 35.2 Å². The Hall–Kier alpha value is -3.20. The summed E-state index contributed by atoms with van der Waals surface area (Å²) in [5, 5.41) is 7.21. The maximum absolute atomic E-state index is 13.1. The average Bonchev–Trinajstić information content (AvgIpc) is 3.22. The van der Waals surface area contributed by atoms with E-state index in [2.05, 4.69) is 10.6 Å². The number of nitrogens with one attached hydrogen (secondary N) is 2. The topological polar surface area (TPSA) is 122 Å². The zero-order valence-corrected chi connectivity index (χ0v) is 16.0. The van der Waals surface area contributed by atoms with Crippen LogP contribution in [0.2, 0.25) is 0 Å². The van der Waals surface area contributed by atoms with E-state index < -0.39 is 35.8 Å². The lowest BCUT2D eigenvalue weighted by atomic mass is 9.85. The van der Waals surface area contributed by atoms with Gasteiger partial charge >= 0.3 is 6.03 Å². The molecule has 9 heteroatoms. The van der Waals surface area contributed by atoms with E-state index in [1.54, 1.807) is 29.6 Å². The van der Waals surface area contributed by atoms with Crippen LogP contribution in [0, 0.1) is 0 Å². The molecule has 146 valence electrons. The van der Waals surface area contributed by atoms with Crippen molar-refractivity contribution in [3.63, 3.8) is 0 Å². The second-order valence-electron chi connectivity index (χ2n) is 6.42. The third-order valence-electron chi connectivity index (χ3n) is 4.55. The molecule has 1 aliphatic heterocycles. The van der Waals surface area contributed by atoms with Crippen molar-refractivity contribution in [2.45, 2.75) is 25.3 Å². The van der Waals surface area contributed by atoms with Crippen LogP contribution in [0.1, 0.15) is 35.7 Å². The van der Waals surface area contributed by atoms with Crippen molar-refractivity contribution in [3.05, 3.63) is 52.9 Å². The Balaban J connectivity index is 1.80. The molecule has 1 fully saturated rings. The molecule has 1 aromatic heterocycles. The lowest BCUT2D eigenvalue weighted by Crippen LogP contribution is -2.44. The summed E-state index contributed by atoms with van der Waals surface area (Å²) in [5.74, 6) is -1.73. The van der Waals surface area contributed by atoms with E-state index in [4.69, 9.17) is 5.73 Å². The number of hydrogen-bond acceptors (Lipinski definition) is 5. The van der Waals surface area contributed by atoms with E-state index in [0.29, 0.717) is 18.4 Å². The molecule has 1 atom stereocenters. The van der Waals surface area contributed by atoms with Gasteiger partial charge in [0.2, 0.25) is 5.91 Å². The summed E-state index contributed by atoms with van der Waals surface area (Å²) in [7, 11) is 0. The second-order valence-corrected chi connectivity index (χ2v) is 7.33. The number of carbonyl (C=O) groups is 4. The largest absolute Gasteiger partial charge is 0.366 e. The third kappa shape index (κ3) is 3.48. The molecule has 0 radical (unpaired) electrons. The van der Waals surface area contributed by atoms with E-state index in [0.717, 1.165) is 16.2 Å². The Morgan fingerprint density at radius 1 is 1.21 bits per heavy atom. The molecule has 28 heavy (non-hydrogen) atoms. The van der Waals surface area contributed by atoms with Crippen LogP contribution in [-0.2, 0) is 15.1 Å². The predicted molar refractivity (Wildman–Crippen MR) is 105 cm³/mol. The van der Waals surface area contributed by atoms with Crippen LogP contribution in [0.25, 0.3) is 0 Å².